The molecule has 40 heavy (non-hydrogen) atoms. The molecule has 2 amide bonds. The van der Waals surface area contributed by atoms with E-state index in [9.17, 15) is 19.6 Å². The number of hydrogen-bond acceptors (Lipinski definition) is 4. The van der Waals surface area contributed by atoms with Gasteiger partial charge in [0.2, 0.25) is 11.8 Å². The van der Waals surface area contributed by atoms with Crippen LogP contribution in [0.3, 0.4) is 0 Å². The van der Waals surface area contributed by atoms with Crippen LogP contribution in [-0.4, -0.2) is 33.8 Å². The largest absolute Gasteiger partial charge is 0.481 e. The topological polar surface area (TPSA) is 124 Å². The molecule has 0 aliphatic heterocycles. The van der Waals surface area contributed by atoms with Crippen LogP contribution in [0.1, 0.15) is 39.3 Å². The van der Waals surface area contributed by atoms with Crippen molar-refractivity contribution >= 4 is 17.8 Å². The predicted molar refractivity (Wildman–Crippen MR) is 151 cm³/mol. The van der Waals surface area contributed by atoms with Gasteiger partial charge in [-0.05, 0) is 39.9 Å². The standard InChI is InChI=1S/C33H29N3O4/c34-21-26-9-7-8-25(18-26)19-29(32(35)39)36(22-24-16-14-23(15-17-24)20-30(37)38)33(40)31(27-10-3-1-4-11-27)28-12-5-2-6-13-28/h1-18,29,31H,19-20,22H2,(H2,35,39)(H,37,38)/t29-/m1/s1. The Hall–Kier alpha value is -5.22. The summed E-state index contributed by atoms with van der Waals surface area (Å²) in [6, 6.07) is 33.6. The van der Waals surface area contributed by atoms with E-state index >= 15 is 0 Å². The summed E-state index contributed by atoms with van der Waals surface area (Å²) in [5.41, 5.74) is 9.98. The van der Waals surface area contributed by atoms with Crippen molar-refractivity contribution in [2.75, 3.05) is 0 Å². The van der Waals surface area contributed by atoms with Crippen LogP contribution in [0.4, 0.5) is 0 Å². The molecule has 0 heterocycles. The number of hydrogen-bond donors (Lipinski definition) is 2. The minimum absolute atomic E-state index is 0.0773. The number of benzene rings is 4. The molecule has 0 bridgehead atoms. The first-order valence-corrected chi connectivity index (χ1v) is 12.8. The first-order chi connectivity index (χ1) is 19.4. The molecule has 0 aromatic heterocycles. The highest BCUT2D eigenvalue weighted by atomic mass is 16.4. The summed E-state index contributed by atoms with van der Waals surface area (Å²) in [6.45, 7) is 0.0773. The number of carboxylic acid groups (broad SMARTS) is 1. The number of nitrogens with two attached hydrogens (primary N) is 1. The van der Waals surface area contributed by atoms with Gasteiger partial charge in [-0.2, -0.15) is 5.26 Å². The second-order valence-corrected chi connectivity index (χ2v) is 9.54. The van der Waals surface area contributed by atoms with Crippen LogP contribution in [0, 0.1) is 11.3 Å². The van der Waals surface area contributed by atoms with E-state index in [4.69, 9.17) is 10.8 Å². The Morgan fingerprint density at radius 3 is 1.88 bits per heavy atom. The van der Waals surface area contributed by atoms with E-state index in [0.29, 0.717) is 16.7 Å². The van der Waals surface area contributed by atoms with Crippen LogP contribution >= 0.6 is 0 Å². The summed E-state index contributed by atoms with van der Waals surface area (Å²) >= 11 is 0. The Labute approximate surface area is 233 Å². The fourth-order valence-corrected chi connectivity index (χ4v) is 4.77. The van der Waals surface area contributed by atoms with Gasteiger partial charge >= 0.3 is 5.97 Å². The quantitative estimate of drug-likeness (QED) is 0.296. The van der Waals surface area contributed by atoms with Gasteiger partial charge in [0.15, 0.2) is 0 Å². The number of primary amides is 1. The molecular formula is C33H29N3O4. The molecule has 1 atom stereocenters. The summed E-state index contributed by atoms with van der Waals surface area (Å²) < 4.78 is 0. The Kier molecular flexibility index (Phi) is 9.06. The number of carbonyl (C=O) groups is 3. The average Bonchev–Trinajstić information content (AvgIpc) is 2.96. The molecule has 0 saturated carbocycles. The molecule has 200 valence electrons. The highest BCUT2D eigenvalue weighted by Gasteiger charge is 2.34. The zero-order chi connectivity index (χ0) is 28.5. The van der Waals surface area contributed by atoms with Crippen molar-refractivity contribution in [1.29, 1.82) is 5.26 Å². The highest BCUT2D eigenvalue weighted by molar-refractivity contribution is 5.92. The zero-order valence-electron chi connectivity index (χ0n) is 21.8. The predicted octanol–water partition coefficient (Wildman–Crippen LogP) is 4.44. The molecule has 7 nitrogen and oxygen atoms in total. The first-order valence-electron chi connectivity index (χ1n) is 12.8. The Balaban J connectivity index is 1.78. The molecule has 0 radical (unpaired) electrons. The summed E-state index contributed by atoms with van der Waals surface area (Å²) in [6.07, 6.45) is 0.0101. The van der Waals surface area contributed by atoms with Gasteiger partial charge < -0.3 is 15.7 Å². The van der Waals surface area contributed by atoms with Gasteiger partial charge in [0, 0.05) is 13.0 Å². The van der Waals surface area contributed by atoms with E-state index < -0.39 is 23.8 Å². The monoisotopic (exact) mass is 531 g/mol. The van der Waals surface area contributed by atoms with Crippen molar-refractivity contribution in [2.45, 2.75) is 31.3 Å². The van der Waals surface area contributed by atoms with Gasteiger partial charge in [-0.1, -0.05) is 97.1 Å². The third kappa shape index (κ3) is 7.00. The number of rotatable bonds is 11. The fourth-order valence-electron chi connectivity index (χ4n) is 4.77. The molecule has 4 aromatic carbocycles. The van der Waals surface area contributed by atoms with Gasteiger partial charge in [-0.25, -0.2) is 0 Å². The average molecular weight is 532 g/mol. The zero-order valence-corrected chi connectivity index (χ0v) is 21.8. The lowest BCUT2D eigenvalue weighted by Crippen LogP contribution is -2.50. The van der Waals surface area contributed by atoms with E-state index in [1.54, 1.807) is 48.5 Å². The molecule has 0 aliphatic carbocycles. The Bertz CT molecular complexity index is 1470. The van der Waals surface area contributed by atoms with Crippen LogP contribution < -0.4 is 5.73 Å². The van der Waals surface area contributed by atoms with E-state index in [0.717, 1.165) is 16.7 Å². The molecule has 0 saturated heterocycles. The number of carboxylic acids is 1. The van der Waals surface area contributed by atoms with Crippen molar-refractivity contribution in [2.24, 2.45) is 5.73 Å². The van der Waals surface area contributed by atoms with E-state index in [2.05, 4.69) is 6.07 Å². The van der Waals surface area contributed by atoms with E-state index in [1.165, 1.54) is 4.90 Å². The number of nitrogens with zero attached hydrogens (tertiary/aromatic N) is 2. The minimum Gasteiger partial charge on any atom is -0.481 e. The lowest BCUT2D eigenvalue weighted by molar-refractivity contribution is -0.140. The van der Waals surface area contributed by atoms with Gasteiger partial charge in [0.1, 0.15) is 6.04 Å². The van der Waals surface area contributed by atoms with Crippen LogP contribution in [0.2, 0.25) is 0 Å². The molecule has 3 N–H and O–H groups in total. The SMILES string of the molecule is N#Cc1cccc(C[C@H](C(N)=O)N(Cc2ccc(CC(=O)O)cc2)C(=O)C(c2ccccc2)c2ccccc2)c1. The molecule has 4 rings (SSSR count). The number of carbonyl (C=O) groups excluding carboxylic acids is 2. The lowest BCUT2D eigenvalue weighted by atomic mass is 9.88. The van der Waals surface area contributed by atoms with Crippen molar-refractivity contribution in [3.8, 4) is 6.07 Å². The second-order valence-electron chi connectivity index (χ2n) is 9.54. The van der Waals surface area contributed by atoms with E-state index in [1.807, 2.05) is 60.7 Å². The maximum Gasteiger partial charge on any atom is 0.307 e. The summed E-state index contributed by atoms with van der Waals surface area (Å²) in [5, 5.41) is 18.5. The Morgan fingerprint density at radius 2 is 1.35 bits per heavy atom. The first kappa shape index (κ1) is 27.8. The van der Waals surface area contributed by atoms with Crippen LogP contribution in [0.15, 0.2) is 109 Å². The van der Waals surface area contributed by atoms with Gasteiger partial charge in [0.25, 0.3) is 0 Å². The molecule has 0 spiro atoms. The summed E-state index contributed by atoms with van der Waals surface area (Å²) in [7, 11) is 0. The molecule has 7 heteroatoms. The molecule has 0 fully saturated rings. The number of aliphatic carboxylic acids is 1. The highest BCUT2D eigenvalue weighted by Crippen LogP contribution is 2.29. The Morgan fingerprint density at radius 1 is 0.775 bits per heavy atom. The maximum absolute atomic E-state index is 14.5. The smallest absolute Gasteiger partial charge is 0.307 e. The number of amides is 2. The van der Waals surface area contributed by atoms with Gasteiger partial charge in [-0.3, -0.25) is 14.4 Å². The third-order valence-electron chi connectivity index (χ3n) is 6.72. The van der Waals surface area contributed by atoms with Crippen molar-refractivity contribution in [1.82, 2.24) is 4.90 Å². The normalized spacial score (nSPS) is 11.4. The van der Waals surface area contributed by atoms with Crippen molar-refractivity contribution in [3.63, 3.8) is 0 Å². The molecule has 0 unspecified atom stereocenters. The number of nitriles is 1. The van der Waals surface area contributed by atoms with Crippen molar-refractivity contribution < 1.29 is 19.5 Å². The fraction of sp³-hybridized carbons (Fsp3) is 0.152. The third-order valence-corrected chi connectivity index (χ3v) is 6.72. The van der Waals surface area contributed by atoms with E-state index in [-0.39, 0.29) is 25.3 Å². The lowest BCUT2D eigenvalue weighted by Gasteiger charge is -2.33. The van der Waals surface area contributed by atoms with Crippen LogP contribution in [0.25, 0.3) is 0 Å². The summed E-state index contributed by atoms with van der Waals surface area (Å²) in [5.74, 6) is -2.60. The molecule has 4 aromatic rings. The van der Waals surface area contributed by atoms with Crippen LogP contribution in [0.5, 0.6) is 0 Å². The summed E-state index contributed by atoms with van der Waals surface area (Å²) in [4.78, 5) is 40.1. The van der Waals surface area contributed by atoms with Gasteiger partial charge in [0.05, 0.1) is 24.0 Å². The van der Waals surface area contributed by atoms with Crippen molar-refractivity contribution in [3.05, 3.63) is 143 Å². The second kappa shape index (κ2) is 13.0. The maximum atomic E-state index is 14.5. The minimum atomic E-state index is -1.00. The molecule has 0 aliphatic rings. The molecular weight excluding hydrogens is 502 g/mol. The van der Waals surface area contributed by atoms with Gasteiger partial charge in [-0.15, -0.1) is 0 Å². The van der Waals surface area contributed by atoms with Crippen LogP contribution in [-0.2, 0) is 33.8 Å².